The van der Waals surface area contributed by atoms with Crippen LogP contribution < -0.4 is 26.0 Å². The maximum absolute atomic E-state index is 12.4. The van der Waals surface area contributed by atoms with Crippen LogP contribution in [0.4, 0.5) is 28.8 Å². The molecule has 0 atom stereocenters. The SMILES string of the molecule is COc1cc2c(cc1Nc1ncc(Br)c(Nc3ccc4nccnc4c3C(N)=O)n1)-c1cnn(C)c1CCN2C(C)C. The van der Waals surface area contributed by atoms with Crippen LogP contribution in [0.1, 0.15) is 29.9 Å². The highest BCUT2D eigenvalue weighted by Gasteiger charge is 2.26. The van der Waals surface area contributed by atoms with Crippen molar-refractivity contribution < 1.29 is 9.53 Å². The van der Waals surface area contributed by atoms with Crippen molar-refractivity contribution in [1.82, 2.24) is 29.7 Å². The summed E-state index contributed by atoms with van der Waals surface area (Å²) in [6.45, 7) is 5.24. The number of ether oxygens (including phenoxy) is 1. The Morgan fingerprint density at radius 2 is 1.88 bits per heavy atom. The molecule has 0 saturated carbocycles. The molecule has 13 heteroatoms. The second-order valence-electron chi connectivity index (χ2n) is 10.2. The number of aryl methyl sites for hydroxylation is 1. The number of nitrogens with zero attached hydrogens (tertiary/aromatic N) is 7. The highest BCUT2D eigenvalue weighted by Crippen LogP contribution is 2.43. The number of primary amides is 1. The third-order valence-electron chi connectivity index (χ3n) is 7.32. The molecule has 214 valence electrons. The Morgan fingerprint density at radius 3 is 2.64 bits per heavy atom. The second kappa shape index (κ2) is 10.9. The van der Waals surface area contributed by atoms with Gasteiger partial charge in [0.1, 0.15) is 17.1 Å². The summed E-state index contributed by atoms with van der Waals surface area (Å²) >= 11 is 3.51. The van der Waals surface area contributed by atoms with Crippen molar-refractivity contribution >= 4 is 61.7 Å². The summed E-state index contributed by atoms with van der Waals surface area (Å²) in [4.78, 5) is 32.5. The number of hydrogen-bond donors (Lipinski definition) is 3. The van der Waals surface area contributed by atoms with Crippen LogP contribution in [0.25, 0.3) is 22.2 Å². The van der Waals surface area contributed by atoms with E-state index < -0.39 is 5.91 Å². The summed E-state index contributed by atoms with van der Waals surface area (Å²) in [5, 5.41) is 11.1. The first-order chi connectivity index (χ1) is 20.2. The number of hydrogen-bond acceptors (Lipinski definition) is 10. The zero-order valence-electron chi connectivity index (χ0n) is 23.5. The number of carbonyl (C=O) groups excluding carboxylic acids is 1. The second-order valence-corrected chi connectivity index (χ2v) is 11.0. The topological polar surface area (TPSA) is 149 Å². The van der Waals surface area contributed by atoms with E-state index in [0.717, 1.165) is 29.8 Å². The molecule has 2 aromatic carbocycles. The van der Waals surface area contributed by atoms with Gasteiger partial charge in [0.25, 0.3) is 5.91 Å². The van der Waals surface area contributed by atoms with E-state index >= 15 is 0 Å². The minimum Gasteiger partial charge on any atom is -0.494 e. The average molecular weight is 630 g/mol. The number of carbonyl (C=O) groups is 1. The molecular formula is C29H29BrN10O2. The number of benzene rings is 2. The third-order valence-corrected chi connectivity index (χ3v) is 7.90. The zero-order valence-corrected chi connectivity index (χ0v) is 25.1. The smallest absolute Gasteiger partial charge is 0.253 e. The zero-order chi connectivity index (χ0) is 29.5. The first kappa shape index (κ1) is 27.4. The molecule has 4 N–H and O–H groups in total. The van der Waals surface area contributed by atoms with Crippen LogP contribution in [-0.4, -0.2) is 55.3 Å². The van der Waals surface area contributed by atoms with Crippen LogP contribution in [0.5, 0.6) is 5.75 Å². The molecule has 4 heterocycles. The predicted molar refractivity (Wildman–Crippen MR) is 166 cm³/mol. The number of methoxy groups -OCH3 is 1. The normalized spacial score (nSPS) is 12.6. The van der Waals surface area contributed by atoms with Crippen molar-refractivity contribution in [2.75, 3.05) is 29.2 Å². The lowest BCUT2D eigenvalue weighted by atomic mass is 10.0. The summed E-state index contributed by atoms with van der Waals surface area (Å²) in [7, 11) is 3.62. The van der Waals surface area contributed by atoms with Gasteiger partial charge in [0.2, 0.25) is 5.95 Å². The van der Waals surface area contributed by atoms with Gasteiger partial charge >= 0.3 is 0 Å². The Bertz CT molecular complexity index is 1840. The highest BCUT2D eigenvalue weighted by atomic mass is 79.9. The van der Waals surface area contributed by atoms with E-state index in [1.54, 1.807) is 31.6 Å². The summed E-state index contributed by atoms with van der Waals surface area (Å²) in [5.41, 5.74) is 12.4. The average Bonchev–Trinajstić information content (AvgIpc) is 3.25. The van der Waals surface area contributed by atoms with Gasteiger partial charge in [0, 0.05) is 73.2 Å². The number of rotatable bonds is 7. The largest absolute Gasteiger partial charge is 0.494 e. The van der Waals surface area contributed by atoms with Crippen molar-refractivity contribution in [2.24, 2.45) is 12.8 Å². The first-order valence-corrected chi connectivity index (χ1v) is 14.1. The quantitative estimate of drug-likeness (QED) is 0.226. The maximum atomic E-state index is 12.4. The molecule has 0 radical (unpaired) electrons. The molecule has 6 rings (SSSR count). The highest BCUT2D eigenvalue weighted by molar-refractivity contribution is 9.10. The van der Waals surface area contributed by atoms with Gasteiger partial charge in [-0.15, -0.1) is 0 Å². The maximum Gasteiger partial charge on any atom is 0.253 e. The van der Waals surface area contributed by atoms with Gasteiger partial charge in [-0.1, -0.05) is 0 Å². The van der Waals surface area contributed by atoms with E-state index in [9.17, 15) is 4.79 Å². The molecule has 0 fully saturated rings. The van der Waals surface area contributed by atoms with E-state index in [1.807, 2.05) is 24.0 Å². The number of nitrogens with two attached hydrogens (primary N) is 1. The molecule has 0 saturated heterocycles. The molecule has 3 aromatic heterocycles. The monoisotopic (exact) mass is 628 g/mol. The van der Waals surface area contributed by atoms with E-state index in [0.29, 0.717) is 50.4 Å². The number of amides is 1. The van der Waals surface area contributed by atoms with Crippen LogP contribution in [0, 0.1) is 0 Å². The van der Waals surface area contributed by atoms with Crippen molar-refractivity contribution in [3.63, 3.8) is 0 Å². The lowest BCUT2D eigenvalue weighted by Gasteiger charge is -2.30. The minimum absolute atomic E-state index is 0.218. The van der Waals surface area contributed by atoms with E-state index in [1.165, 1.54) is 11.9 Å². The van der Waals surface area contributed by atoms with Gasteiger partial charge in [0.15, 0.2) is 0 Å². The molecular weight excluding hydrogens is 600 g/mol. The Kier molecular flexibility index (Phi) is 7.11. The molecule has 1 aliphatic heterocycles. The lowest BCUT2D eigenvalue weighted by molar-refractivity contribution is 0.100. The van der Waals surface area contributed by atoms with Crippen LogP contribution in [0.2, 0.25) is 0 Å². The van der Waals surface area contributed by atoms with Gasteiger partial charge < -0.3 is 26.0 Å². The van der Waals surface area contributed by atoms with Crippen molar-refractivity contribution in [2.45, 2.75) is 26.3 Å². The summed E-state index contributed by atoms with van der Waals surface area (Å²) in [5.74, 6) is 0.761. The lowest BCUT2D eigenvalue weighted by Crippen LogP contribution is -2.32. The van der Waals surface area contributed by atoms with Crippen molar-refractivity contribution in [1.29, 1.82) is 0 Å². The number of nitrogens with one attached hydrogen (secondary N) is 2. The fraction of sp³-hybridized carbons (Fsp3) is 0.241. The van der Waals surface area contributed by atoms with Gasteiger partial charge in [-0.05, 0) is 48.0 Å². The van der Waals surface area contributed by atoms with Crippen LogP contribution in [0.15, 0.2) is 53.5 Å². The van der Waals surface area contributed by atoms with Crippen LogP contribution in [-0.2, 0) is 13.5 Å². The molecule has 0 unspecified atom stereocenters. The first-order valence-electron chi connectivity index (χ1n) is 13.3. The summed E-state index contributed by atoms with van der Waals surface area (Å²) in [6, 6.07) is 7.89. The molecule has 0 bridgehead atoms. The standard InChI is InChI=1S/C29H29BrN10O2/c1-15(2)40-10-7-22-17(13-35-39(22)3)16-11-21(24(42-4)12-23(16)40)37-29-34-14-18(30)28(38-29)36-19-5-6-20-26(25(19)27(31)41)33-9-8-32-20/h5-6,8-9,11-15H,7,10H2,1-4H3,(H2,31,41)(H2,34,36,37,38). The van der Waals surface area contributed by atoms with Gasteiger partial charge in [0.05, 0.1) is 40.2 Å². The molecule has 1 aliphatic rings. The Labute approximate surface area is 250 Å². The molecule has 0 spiro atoms. The fourth-order valence-electron chi connectivity index (χ4n) is 5.31. The molecule has 12 nitrogen and oxygen atoms in total. The van der Waals surface area contributed by atoms with E-state index in [2.05, 4.69) is 71.4 Å². The van der Waals surface area contributed by atoms with Crippen LogP contribution >= 0.6 is 15.9 Å². The van der Waals surface area contributed by atoms with Crippen molar-refractivity contribution in [3.05, 3.63) is 64.8 Å². The molecule has 42 heavy (non-hydrogen) atoms. The van der Waals surface area contributed by atoms with E-state index in [-0.39, 0.29) is 5.56 Å². The molecule has 5 aromatic rings. The third kappa shape index (κ3) is 4.85. The Hall–Kier alpha value is -4.78. The summed E-state index contributed by atoms with van der Waals surface area (Å²) < 4.78 is 8.35. The van der Waals surface area contributed by atoms with E-state index in [4.69, 9.17) is 15.5 Å². The molecule has 0 aliphatic carbocycles. The number of anilines is 5. The summed E-state index contributed by atoms with van der Waals surface area (Å²) in [6.07, 6.45) is 7.49. The van der Waals surface area contributed by atoms with Gasteiger partial charge in [-0.3, -0.25) is 19.4 Å². The van der Waals surface area contributed by atoms with Crippen LogP contribution in [0.3, 0.4) is 0 Å². The van der Waals surface area contributed by atoms with Gasteiger partial charge in [-0.25, -0.2) is 4.98 Å². The minimum atomic E-state index is -0.632. The number of halogens is 1. The fourth-order valence-corrected chi connectivity index (χ4v) is 5.60. The van der Waals surface area contributed by atoms with Crippen molar-refractivity contribution in [3.8, 4) is 16.9 Å². The van der Waals surface area contributed by atoms with Gasteiger partial charge in [-0.2, -0.15) is 10.1 Å². The molecule has 1 amide bonds. The Balaban J connectivity index is 1.40. The predicted octanol–water partition coefficient (Wildman–Crippen LogP) is 4.95. The number of fused-ring (bicyclic) bond motifs is 4. The number of aromatic nitrogens is 6. The Morgan fingerprint density at radius 1 is 1.07 bits per heavy atom.